The van der Waals surface area contributed by atoms with Gasteiger partial charge in [-0.1, -0.05) is 6.07 Å². The molecule has 1 N–H and O–H groups in total. The van der Waals surface area contributed by atoms with Crippen molar-refractivity contribution in [3.8, 4) is 11.5 Å². The zero-order valence-corrected chi connectivity index (χ0v) is 11.7. The second-order valence-corrected chi connectivity index (χ2v) is 4.25. The Bertz CT molecular complexity index is 555. The molecular weight excluding hydrogens is 258 g/mol. The molecule has 1 aromatic carbocycles. The lowest BCUT2D eigenvalue weighted by atomic mass is 10.1. The minimum absolute atomic E-state index is 0.243. The van der Waals surface area contributed by atoms with Gasteiger partial charge in [0.2, 0.25) is 0 Å². The number of methoxy groups -OCH3 is 2. The number of rotatable bonds is 5. The summed E-state index contributed by atoms with van der Waals surface area (Å²) in [6.45, 7) is 1.85. The molecule has 1 aromatic heterocycles. The predicted octanol–water partition coefficient (Wildman–Crippen LogP) is 2.79. The van der Waals surface area contributed by atoms with Crippen molar-refractivity contribution in [3.63, 3.8) is 0 Å². The lowest BCUT2D eigenvalue weighted by Gasteiger charge is -2.15. The van der Waals surface area contributed by atoms with Crippen LogP contribution in [0.3, 0.4) is 0 Å². The first-order chi connectivity index (χ1) is 9.67. The van der Waals surface area contributed by atoms with Gasteiger partial charge in [0.25, 0.3) is 5.91 Å². The Labute approximate surface area is 117 Å². The molecule has 0 radical (unpaired) electrons. The minimum Gasteiger partial charge on any atom is -0.496 e. The smallest absolute Gasteiger partial charge is 0.259 e. The van der Waals surface area contributed by atoms with Gasteiger partial charge in [-0.2, -0.15) is 0 Å². The maximum absolute atomic E-state index is 12.4. The molecule has 5 heteroatoms. The van der Waals surface area contributed by atoms with Crippen LogP contribution < -0.4 is 14.8 Å². The predicted molar refractivity (Wildman–Crippen MR) is 74.1 cm³/mol. The monoisotopic (exact) mass is 275 g/mol. The van der Waals surface area contributed by atoms with Gasteiger partial charge in [-0.05, 0) is 31.2 Å². The van der Waals surface area contributed by atoms with E-state index in [4.69, 9.17) is 13.9 Å². The van der Waals surface area contributed by atoms with Crippen LogP contribution in [0, 0.1) is 0 Å². The van der Waals surface area contributed by atoms with Gasteiger partial charge < -0.3 is 19.2 Å². The molecule has 1 atom stereocenters. The Kier molecular flexibility index (Phi) is 4.30. The Hall–Kier alpha value is -2.43. The third-order valence-corrected chi connectivity index (χ3v) is 2.97. The van der Waals surface area contributed by atoms with E-state index in [1.807, 2.05) is 13.0 Å². The lowest BCUT2D eigenvalue weighted by molar-refractivity contribution is 0.0929. The fourth-order valence-electron chi connectivity index (χ4n) is 1.95. The highest BCUT2D eigenvalue weighted by molar-refractivity contribution is 5.99. The van der Waals surface area contributed by atoms with Crippen molar-refractivity contribution in [1.29, 1.82) is 0 Å². The van der Waals surface area contributed by atoms with Crippen molar-refractivity contribution in [2.75, 3.05) is 14.2 Å². The second kappa shape index (κ2) is 6.14. The van der Waals surface area contributed by atoms with Gasteiger partial charge in [-0.3, -0.25) is 4.79 Å². The van der Waals surface area contributed by atoms with Crippen LogP contribution in [0.1, 0.15) is 29.1 Å². The van der Waals surface area contributed by atoms with Gasteiger partial charge in [0.15, 0.2) is 0 Å². The van der Waals surface area contributed by atoms with Crippen molar-refractivity contribution in [2.45, 2.75) is 13.0 Å². The number of nitrogens with one attached hydrogen (secondary N) is 1. The summed E-state index contributed by atoms with van der Waals surface area (Å²) in [6.07, 6.45) is 1.57. The third kappa shape index (κ3) is 2.77. The van der Waals surface area contributed by atoms with Crippen LogP contribution in [0.25, 0.3) is 0 Å². The molecule has 0 aliphatic rings. The average Bonchev–Trinajstić information content (AvgIpc) is 3.00. The quantitative estimate of drug-likeness (QED) is 0.911. The Morgan fingerprint density at radius 2 is 1.80 bits per heavy atom. The van der Waals surface area contributed by atoms with Crippen LogP contribution in [-0.2, 0) is 0 Å². The Balaban J connectivity index is 2.25. The van der Waals surface area contributed by atoms with Crippen molar-refractivity contribution in [3.05, 3.63) is 47.9 Å². The van der Waals surface area contributed by atoms with Crippen molar-refractivity contribution < 1.29 is 18.7 Å². The van der Waals surface area contributed by atoms with E-state index in [-0.39, 0.29) is 11.9 Å². The van der Waals surface area contributed by atoms with Gasteiger partial charge >= 0.3 is 0 Å². The Morgan fingerprint density at radius 1 is 1.15 bits per heavy atom. The van der Waals surface area contributed by atoms with E-state index < -0.39 is 0 Å². The standard InChI is InChI=1S/C15H17NO4/c1-10(11-8-5-9-20-11)16-15(17)14-12(18-2)6-4-7-13(14)19-3/h4-10H,1-3H3,(H,16,17). The molecule has 106 valence electrons. The molecule has 0 fully saturated rings. The molecule has 0 saturated carbocycles. The zero-order valence-electron chi connectivity index (χ0n) is 11.7. The summed E-state index contributed by atoms with van der Waals surface area (Å²) in [5.41, 5.74) is 0.371. The number of hydrogen-bond donors (Lipinski definition) is 1. The van der Waals surface area contributed by atoms with Crippen LogP contribution in [0.5, 0.6) is 11.5 Å². The number of furan rings is 1. The van der Waals surface area contributed by atoms with E-state index in [0.29, 0.717) is 22.8 Å². The molecule has 2 rings (SSSR count). The molecule has 2 aromatic rings. The number of benzene rings is 1. The summed E-state index contributed by atoms with van der Waals surface area (Å²) in [5.74, 6) is 1.34. The van der Waals surface area contributed by atoms with Gasteiger partial charge in [-0.15, -0.1) is 0 Å². The number of amides is 1. The summed E-state index contributed by atoms with van der Waals surface area (Å²) in [5, 5.41) is 2.86. The molecule has 0 saturated heterocycles. The highest BCUT2D eigenvalue weighted by atomic mass is 16.5. The summed E-state index contributed by atoms with van der Waals surface area (Å²) in [6, 6.07) is 8.55. The molecule has 0 aliphatic carbocycles. The number of carbonyl (C=O) groups is 1. The zero-order chi connectivity index (χ0) is 14.5. The molecule has 1 amide bonds. The molecular formula is C15H17NO4. The van der Waals surface area contributed by atoms with Crippen LogP contribution in [0.2, 0.25) is 0 Å². The first kappa shape index (κ1) is 14.0. The molecule has 0 spiro atoms. The van der Waals surface area contributed by atoms with E-state index in [0.717, 1.165) is 0 Å². The number of ether oxygens (including phenoxy) is 2. The second-order valence-electron chi connectivity index (χ2n) is 4.25. The van der Waals surface area contributed by atoms with Crippen molar-refractivity contribution in [1.82, 2.24) is 5.32 Å². The Morgan fingerprint density at radius 3 is 2.30 bits per heavy atom. The fraction of sp³-hybridized carbons (Fsp3) is 0.267. The maximum atomic E-state index is 12.4. The van der Waals surface area contributed by atoms with Gasteiger partial charge in [0.05, 0.1) is 26.5 Å². The fourth-order valence-corrected chi connectivity index (χ4v) is 1.95. The molecule has 1 heterocycles. The normalized spacial score (nSPS) is 11.8. The van der Waals surface area contributed by atoms with E-state index in [2.05, 4.69) is 5.32 Å². The van der Waals surface area contributed by atoms with Gasteiger partial charge in [0, 0.05) is 0 Å². The molecule has 5 nitrogen and oxygen atoms in total. The van der Waals surface area contributed by atoms with Crippen LogP contribution in [0.4, 0.5) is 0 Å². The first-order valence-electron chi connectivity index (χ1n) is 6.22. The summed E-state index contributed by atoms with van der Waals surface area (Å²) >= 11 is 0. The SMILES string of the molecule is COc1cccc(OC)c1C(=O)NC(C)c1ccco1. The van der Waals surface area contributed by atoms with Crippen LogP contribution in [0.15, 0.2) is 41.0 Å². The van der Waals surface area contributed by atoms with Gasteiger partial charge in [0.1, 0.15) is 22.8 Å². The minimum atomic E-state index is -0.275. The van der Waals surface area contributed by atoms with Crippen molar-refractivity contribution >= 4 is 5.91 Å². The number of hydrogen-bond acceptors (Lipinski definition) is 4. The molecule has 1 unspecified atom stereocenters. The summed E-state index contributed by atoms with van der Waals surface area (Å²) < 4.78 is 15.7. The first-order valence-corrected chi connectivity index (χ1v) is 6.22. The van der Waals surface area contributed by atoms with E-state index in [9.17, 15) is 4.79 Å². The molecule has 20 heavy (non-hydrogen) atoms. The van der Waals surface area contributed by atoms with E-state index in [1.165, 1.54) is 14.2 Å². The lowest BCUT2D eigenvalue weighted by Crippen LogP contribution is -2.27. The van der Waals surface area contributed by atoms with Gasteiger partial charge in [-0.25, -0.2) is 0 Å². The highest BCUT2D eigenvalue weighted by Gasteiger charge is 2.20. The van der Waals surface area contributed by atoms with Crippen molar-refractivity contribution in [2.24, 2.45) is 0 Å². The van der Waals surface area contributed by atoms with Crippen LogP contribution >= 0.6 is 0 Å². The topological polar surface area (TPSA) is 60.7 Å². The third-order valence-electron chi connectivity index (χ3n) is 2.97. The van der Waals surface area contributed by atoms with E-state index in [1.54, 1.807) is 30.5 Å². The maximum Gasteiger partial charge on any atom is 0.259 e. The summed E-state index contributed by atoms with van der Waals surface area (Å²) in [7, 11) is 3.03. The van der Waals surface area contributed by atoms with E-state index >= 15 is 0 Å². The summed E-state index contributed by atoms with van der Waals surface area (Å²) in [4.78, 5) is 12.4. The largest absolute Gasteiger partial charge is 0.496 e. The number of carbonyl (C=O) groups excluding carboxylic acids is 1. The molecule has 0 bridgehead atoms. The van der Waals surface area contributed by atoms with Crippen LogP contribution in [-0.4, -0.2) is 20.1 Å². The highest BCUT2D eigenvalue weighted by Crippen LogP contribution is 2.28. The average molecular weight is 275 g/mol. The molecule has 0 aliphatic heterocycles.